The average molecular weight is 584 g/mol. The van der Waals surface area contributed by atoms with E-state index in [0.29, 0.717) is 17.8 Å². The van der Waals surface area contributed by atoms with Gasteiger partial charge in [0.15, 0.2) is 5.13 Å². The first-order valence-corrected chi connectivity index (χ1v) is 15.1. The third-order valence-corrected chi connectivity index (χ3v) is 9.44. The minimum atomic E-state index is -3.86. The van der Waals surface area contributed by atoms with Crippen molar-refractivity contribution >= 4 is 48.3 Å². The summed E-state index contributed by atoms with van der Waals surface area (Å²) in [6.45, 7) is 6.74. The van der Waals surface area contributed by atoms with Gasteiger partial charge in [0.2, 0.25) is 0 Å². The van der Waals surface area contributed by atoms with E-state index in [-0.39, 0.29) is 10.8 Å². The molecule has 210 valence electrons. The Morgan fingerprint density at radius 2 is 1.73 bits per heavy atom. The molecule has 9 nitrogen and oxygen atoms in total. The number of carbonyl (C=O) groups excluding carboxylic acids is 1. The highest BCUT2D eigenvalue weighted by Gasteiger charge is 2.21. The molecule has 0 unspecified atom stereocenters. The summed E-state index contributed by atoms with van der Waals surface area (Å²) in [7, 11) is -2.19. The van der Waals surface area contributed by atoms with Gasteiger partial charge in [-0.2, -0.15) is 0 Å². The molecule has 3 aromatic carbocycles. The van der Waals surface area contributed by atoms with Gasteiger partial charge >= 0.3 is 0 Å². The van der Waals surface area contributed by atoms with Crippen molar-refractivity contribution in [3.63, 3.8) is 0 Å². The number of ether oxygens (including phenoxy) is 1. The summed E-state index contributed by atoms with van der Waals surface area (Å²) in [6, 6.07) is 14.7. The van der Waals surface area contributed by atoms with E-state index in [0.717, 1.165) is 66.0 Å². The zero-order valence-corrected chi connectivity index (χ0v) is 23.8. The molecule has 0 atom stereocenters. The lowest BCUT2D eigenvalue weighted by Gasteiger charge is -2.34. The van der Waals surface area contributed by atoms with Crippen LogP contribution in [0.1, 0.15) is 15.9 Å². The summed E-state index contributed by atoms with van der Waals surface area (Å²) < 4.78 is 47.1. The number of hydrogen-bond acceptors (Lipinski definition) is 8. The average Bonchev–Trinajstić information content (AvgIpc) is 3.41. The second-order valence-corrected chi connectivity index (χ2v) is 12.1. The third kappa shape index (κ3) is 6.19. The van der Waals surface area contributed by atoms with Crippen molar-refractivity contribution < 1.29 is 22.3 Å². The Kier molecular flexibility index (Phi) is 8.19. The number of benzene rings is 3. The smallest absolute Gasteiger partial charge is 0.261 e. The molecule has 0 bridgehead atoms. The molecule has 1 saturated heterocycles. The van der Waals surface area contributed by atoms with Gasteiger partial charge in [-0.1, -0.05) is 17.4 Å². The molecule has 1 aliphatic heterocycles. The van der Waals surface area contributed by atoms with E-state index < -0.39 is 15.8 Å². The molecule has 0 spiro atoms. The number of methoxy groups -OCH3 is 1. The first-order valence-electron chi connectivity index (χ1n) is 12.8. The fourth-order valence-corrected chi connectivity index (χ4v) is 6.67. The number of rotatable bonds is 9. The molecule has 1 fully saturated rings. The van der Waals surface area contributed by atoms with E-state index in [9.17, 15) is 17.6 Å². The van der Waals surface area contributed by atoms with Crippen LogP contribution in [-0.2, 0) is 10.0 Å². The first kappa shape index (κ1) is 27.8. The molecule has 2 N–H and O–H groups in total. The molecule has 4 aromatic rings. The van der Waals surface area contributed by atoms with Crippen molar-refractivity contribution in [1.82, 2.24) is 15.2 Å². The molecular formula is C28H30FN5O4S2. The first-order chi connectivity index (χ1) is 19.2. The summed E-state index contributed by atoms with van der Waals surface area (Å²) in [5.41, 5.74) is 2.83. The lowest BCUT2D eigenvalue weighted by molar-refractivity contribution is 0.0948. The summed E-state index contributed by atoms with van der Waals surface area (Å²) in [6.07, 6.45) is 0. The van der Waals surface area contributed by atoms with Gasteiger partial charge in [-0.25, -0.2) is 17.8 Å². The van der Waals surface area contributed by atoms with Crippen LogP contribution >= 0.6 is 11.3 Å². The zero-order valence-electron chi connectivity index (χ0n) is 22.2. The van der Waals surface area contributed by atoms with Gasteiger partial charge in [-0.3, -0.25) is 14.4 Å². The number of nitrogens with one attached hydrogen (secondary N) is 2. The van der Waals surface area contributed by atoms with Gasteiger partial charge in [0.1, 0.15) is 17.1 Å². The molecule has 40 heavy (non-hydrogen) atoms. The van der Waals surface area contributed by atoms with Crippen LogP contribution < -0.4 is 19.7 Å². The summed E-state index contributed by atoms with van der Waals surface area (Å²) in [5, 5.41) is 3.93. The Morgan fingerprint density at radius 3 is 2.40 bits per heavy atom. The maximum Gasteiger partial charge on any atom is 0.261 e. The number of carbonyl (C=O) groups is 1. The Bertz CT molecular complexity index is 1600. The highest BCUT2D eigenvalue weighted by atomic mass is 32.2. The predicted molar refractivity (Wildman–Crippen MR) is 156 cm³/mol. The highest BCUT2D eigenvalue weighted by molar-refractivity contribution is 7.92. The van der Waals surface area contributed by atoms with E-state index in [1.54, 1.807) is 30.6 Å². The number of nitrogens with zero attached hydrogens (tertiary/aromatic N) is 3. The lowest BCUT2D eigenvalue weighted by Crippen LogP contribution is -2.48. The minimum absolute atomic E-state index is 0.0491. The molecule has 5 rings (SSSR count). The largest absolute Gasteiger partial charge is 0.494 e. The number of amides is 1. The highest BCUT2D eigenvalue weighted by Crippen LogP contribution is 2.36. The summed E-state index contributed by atoms with van der Waals surface area (Å²) in [4.78, 5) is 22.0. The number of aromatic nitrogens is 1. The van der Waals surface area contributed by atoms with Crippen molar-refractivity contribution in [2.24, 2.45) is 0 Å². The zero-order chi connectivity index (χ0) is 28.3. The Labute approximate surface area is 236 Å². The Hall–Kier alpha value is -3.74. The van der Waals surface area contributed by atoms with Gasteiger partial charge in [0.25, 0.3) is 15.9 Å². The molecule has 0 saturated carbocycles. The molecule has 1 aromatic heterocycles. The number of sulfonamides is 1. The van der Waals surface area contributed by atoms with Crippen LogP contribution in [-0.4, -0.2) is 70.6 Å². The monoisotopic (exact) mass is 583 g/mol. The number of hydrogen-bond donors (Lipinski definition) is 2. The Balaban J connectivity index is 1.08. The maximum absolute atomic E-state index is 13.1. The maximum atomic E-state index is 13.1. The standard InChI is InChI=1S/C28H30FN5O4S2/c1-19-3-12-24(38-2)25-26(19)39-28(31-25)34-17-15-33(16-18-34)14-13-30-27(35)20-4-8-22(9-5-20)32-40(36,37)23-10-6-21(29)7-11-23/h3-12,32H,13-18H2,1-2H3,(H,30,35). The van der Waals surface area contributed by atoms with Crippen molar-refractivity contribution in [2.75, 3.05) is 56.0 Å². The van der Waals surface area contributed by atoms with Gasteiger partial charge < -0.3 is 15.0 Å². The summed E-state index contributed by atoms with van der Waals surface area (Å²) in [5.74, 6) is 0.0428. The molecule has 0 radical (unpaired) electrons. The van der Waals surface area contributed by atoms with Crippen LogP contribution in [0.3, 0.4) is 0 Å². The molecule has 2 heterocycles. The van der Waals surface area contributed by atoms with Crippen molar-refractivity contribution in [3.8, 4) is 5.75 Å². The van der Waals surface area contributed by atoms with E-state index >= 15 is 0 Å². The predicted octanol–water partition coefficient (Wildman–Crippen LogP) is 4.11. The fraction of sp³-hybridized carbons (Fsp3) is 0.286. The second kappa shape index (κ2) is 11.8. The second-order valence-electron chi connectivity index (χ2n) is 9.48. The number of halogens is 1. The van der Waals surface area contributed by atoms with Gasteiger partial charge in [-0.05, 0) is 67.1 Å². The van der Waals surface area contributed by atoms with Gasteiger partial charge in [0, 0.05) is 50.5 Å². The number of piperazine rings is 1. The molecule has 12 heteroatoms. The van der Waals surface area contributed by atoms with Crippen molar-refractivity contribution in [1.29, 1.82) is 0 Å². The van der Waals surface area contributed by atoms with Crippen LogP contribution in [0.5, 0.6) is 5.75 Å². The van der Waals surface area contributed by atoms with E-state index in [4.69, 9.17) is 9.72 Å². The van der Waals surface area contributed by atoms with Gasteiger partial charge in [-0.15, -0.1) is 0 Å². The molecule has 1 amide bonds. The van der Waals surface area contributed by atoms with Crippen LogP contribution in [0.25, 0.3) is 10.2 Å². The molecular weight excluding hydrogens is 553 g/mol. The summed E-state index contributed by atoms with van der Waals surface area (Å²) >= 11 is 1.69. The van der Waals surface area contributed by atoms with E-state index in [2.05, 4.69) is 32.8 Å². The van der Waals surface area contributed by atoms with Crippen LogP contribution in [0.15, 0.2) is 65.6 Å². The van der Waals surface area contributed by atoms with E-state index in [1.165, 1.54) is 29.8 Å². The third-order valence-electron chi connectivity index (χ3n) is 6.79. The Morgan fingerprint density at radius 1 is 1.02 bits per heavy atom. The lowest BCUT2D eigenvalue weighted by atomic mass is 10.2. The van der Waals surface area contributed by atoms with Gasteiger partial charge in [0.05, 0.1) is 16.7 Å². The van der Waals surface area contributed by atoms with Crippen LogP contribution in [0.4, 0.5) is 15.2 Å². The number of fused-ring (bicyclic) bond motifs is 1. The number of anilines is 2. The fourth-order valence-electron chi connectivity index (χ4n) is 4.51. The van der Waals surface area contributed by atoms with Crippen LogP contribution in [0.2, 0.25) is 0 Å². The SMILES string of the molecule is COc1ccc(C)c2sc(N3CCN(CCNC(=O)c4ccc(NS(=O)(=O)c5ccc(F)cc5)cc4)CC3)nc12. The quantitative estimate of drug-likeness (QED) is 0.306. The topological polar surface area (TPSA) is 104 Å². The van der Waals surface area contributed by atoms with Crippen molar-refractivity contribution in [3.05, 3.63) is 77.6 Å². The minimum Gasteiger partial charge on any atom is -0.494 e. The van der Waals surface area contributed by atoms with E-state index in [1.807, 2.05) is 6.07 Å². The normalized spacial score (nSPS) is 14.3. The number of thiazole rings is 1. The van der Waals surface area contributed by atoms with Crippen LogP contribution in [0, 0.1) is 12.7 Å². The number of aryl methyl sites for hydroxylation is 1. The van der Waals surface area contributed by atoms with Crippen molar-refractivity contribution in [2.45, 2.75) is 11.8 Å². The molecule has 0 aliphatic carbocycles. The molecule has 1 aliphatic rings.